The van der Waals surface area contributed by atoms with Gasteiger partial charge >= 0.3 is 0 Å². The summed E-state index contributed by atoms with van der Waals surface area (Å²) in [5.74, 6) is 0.798. The molecule has 0 N–H and O–H groups in total. The SMILES string of the molecule is C[Si](CC(C)(C)C)OC(=O)C12CCC(CC1[Si]OC(C)(C)C)C2. The van der Waals surface area contributed by atoms with E-state index in [1.165, 1.54) is 6.42 Å². The lowest BCUT2D eigenvalue weighted by Gasteiger charge is -2.35. The molecule has 0 aromatic heterocycles. The van der Waals surface area contributed by atoms with Gasteiger partial charge in [0.2, 0.25) is 9.76 Å². The van der Waals surface area contributed by atoms with E-state index in [1.807, 2.05) is 0 Å². The van der Waals surface area contributed by atoms with Crippen molar-refractivity contribution in [2.24, 2.45) is 16.7 Å². The molecule has 3 nitrogen and oxygen atoms in total. The maximum atomic E-state index is 13.0. The molecule has 3 radical (unpaired) electrons. The fourth-order valence-electron chi connectivity index (χ4n) is 4.04. The molecule has 0 aromatic carbocycles. The van der Waals surface area contributed by atoms with Crippen molar-refractivity contribution in [3.8, 4) is 0 Å². The van der Waals surface area contributed by atoms with Crippen molar-refractivity contribution in [3.63, 3.8) is 0 Å². The van der Waals surface area contributed by atoms with Gasteiger partial charge in [0, 0.05) is 5.60 Å². The van der Waals surface area contributed by atoms with Gasteiger partial charge < -0.3 is 8.85 Å². The Labute approximate surface area is 146 Å². The van der Waals surface area contributed by atoms with Gasteiger partial charge in [-0.1, -0.05) is 20.8 Å². The molecule has 0 spiro atoms. The first-order chi connectivity index (χ1) is 10.4. The van der Waals surface area contributed by atoms with Gasteiger partial charge in [-0.3, -0.25) is 4.79 Å². The first-order valence-corrected chi connectivity index (χ1v) is 12.0. The second kappa shape index (κ2) is 6.64. The number of carbonyl (C=O) groups is 1. The number of rotatable bonds is 5. The molecule has 2 aliphatic rings. The van der Waals surface area contributed by atoms with E-state index in [0.717, 1.165) is 25.3 Å². The third-order valence-electron chi connectivity index (χ3n) is 4.85. The second-order valence-electron chi connectivity index (χ2n) is 9.71. The molecule has 2 fully saturated rings. The smallest absolute Gasteiger partial charge is 0.298 e. The predicted molar refractivity (Wildman–Crippen MR) is 96.7 cm³/mol. The fraction of sp³-hybridized carbons (Fsp3) is 0.944. The Morgan fingerprint density at radius 1 is 1.26 bits per heavy atom. The highest BCUT2D eigenvalue weighted by Gasteiger charge is 2.58. The molecule has 2 rings (SSSR count). The summed E-state index contributed by atoms with van der Waals surface area (Å²) in [5.41, 5.74) is 0.235. The number of carbonyl (C=O) groups excluding carboxylic acids is 1. The average Bonchev–Trinajstić information content (AvgIpc) is 2.91. The molecule has 3 atom stereocenters. The summed E-state index contributed by atoms with van der Waals surface area (Å²) in [5, 5.41) is 0. The van der Waals surface area contributed by atoms with Crippen LogP contribution in [0.3, 0.4) is 0 Å². The lowest BCUT2D eigenvalue weighted by Crippen LogP contribution is -2.40. The fourth-order valence-corrected chi connectivity index (χ4v) is 7.65. The summed E-state index contributed by atoms with van der Waals surface area (Å²) in [6, 6.07) is 1.01. The van der Waals surface area contributed by atoms with Crippen LogP contribution < -0.4 is 0 Å². The van der Waals surface area contributed by atoms with Crippen molar-refractivity contribution in [1.82, 2.24) is 0 Å². The van der Waals surface area contributed by atoms with E-state index < -0.39 is 9.04 Å². The van der Waals surface area contributed by atoms with Crippen LogP contribution in [0.15, 0.2) is 0 Å². The molecular weight excluding hydrogens is 320 g/mol. The van der Waals surface area contributed by atoms with Gasteiger partial charge in [0.25, 0.3) is 15.0 Å². The Kier molecular flexibility index (Phi) is 5.54. The lowest BCUT2D eigenvalue weighted by molar-refractivity contribution is -0.146. The molecule has 3 unspecified atom stereocenters. The molecule has 2 bridgehead atoms. The summed E-state index contributed by atoms with van der Waals surface area (Å²) < 4.78 is 12.1. The summed E-state index contributed by atoms with van der Waals surface area (Å²) in [6.45, 7) is 15.1. The van der Waals surface area contributed by atoms with Gasteiger partial charge in [-0.25, -0.2) is 0 Å². The van der Waals surface area contributed by atoms with Crippen LogP contribution in [-0.4, -0.2) is 30.4 Å². The highest BCUT2D eigenvalue weighted by atomic mass is 28.3. The molecule has 0 amide bonds. The van der Waals surface area contributed by atoms with Crippen molar-refractivity contribution in [1.29, 1.82) is 0 Å². The normalized spacial score (nSPS) is 31.0. The molecule has 2 aliphatic carbocycles. The number of hydrogen-bond acceptors (Lipinski definition) is 3. The van der Waals surface area contributed by atoms with Gasteiger partial charge in [-0.2, -0.15) is 0 Å². The lowest BCUT2D eigenvalue weighted by atomic mass is 9.84. The van der Waals surface area contributed by atoms with E-state index in [4.69, 9.17) is 8.85 Å². The van der Waals surface area contributed by atoms with Gasteiger partial charge in [-0.05, 0) is 75.9 Å². The molecule has 0 aromatic rings. The first-order valence-electron chi connectivity index (χ1n) is 8.90. The van der Waals surface area contributed by atoms with Crippen LogP contribution in [0, 0.1) is 16.7 Å². The summed E-state index contributed by atoms with van der Waals surface area (Å²) in [4.78, 5) is 13.0. The maximum absolute atomic E-state index is 13.0. The van der Waals surface area contributed by atoms with Crippen LogP contribution in [0.5, 0.6) is 0 Å². The Balaban J connectivity index is 2.00. The second-order valence-corrected chi connectivity index (χ2v) is 12.8. The average molecular weight is 354 g/mol. The zero-order chi connectivity index (χ0) is 17.5. The van der Waals surface area contributed by atoms with Gasteiger partial charge in [0.15, 0.2) is 0 Å². The van der Waals surface area contributed by atoms with Gasteiger partial charge in [-0.15, -0.1) is 0 Å². The standard InChI is InChI=1S/C18H33O3Si2/c1-16(2,3)12-23(7)20-15(19)18-9-8-13(11-18)10-14(18)22-21-17(4,5)6/h13-14H,8-12H2,1-7H3. The monoisotopic (exact) mass is 353 g/mol. The van der Waals surface area contributed by atoms with E-state index in [2.05, 4.69) is 48.1 Å². The minimum absolute atomic E-state index is 0.0909. The van der Waals surface area contributed by atoms with Crippen LogP contribution in [0.1, 0.15) is 67.2 Å². The molecule has 0 saturated heterocycles. The van der Waals surface area contributed by atoms with Crippen LogP contribution >= 0.6 is 0 Å². The van der Waals surface area contributed by atoms with Crippen molar-refractivity contribution in [2.75, 3.05) is 0 Å². The largest absolute Gasteiger partial charge is 0.517 e. The van der Waals surface area contributed by atoms with Crippen LogP contribution in [0.4, 0.5) is 0 Å². The van der Waals surface area contributed by atoms with Crippen LogP contribution in [0.2, 0.25) is 18.1 Å². The molecule has 0 aliphatic heterocycles. The molecule has 2 saturated carbocycles. The molecule has 23 heavy (non-hydrogen) atoms. The minimum Gasteiger partial charge on any atom is -0.517 e. The highest BCUT2D eigenvalue weighted by molar-refractivity contribution is 6.52. The number of fused-ring (bicyclic) bond motifs is 2. The zero-order valence-electron chi connectivity index (χ0n) is 15.9. The van der Waals surface area contributed by atoms with E-state index in [0.29, 0.717) is 21.2 Å². The molecule has 0 heterocycles. The Hall–Kier alpha value is -0.136. The van der Waals surface area contributed by atoms with E-state index >= 15 is 0 Å². The molecule has 131 valence electrons. The summed E-state index contributed by atoms with van der Waals surface area (Å²) >= 11 is 0. The van der Waals surface area contributed by atoms with E-state index in [9.17, 15) is 4.79 Å². The highest BCUT2D eigenvalue weighted by Crippen LogP contribution is 2.61. The number of hydrogen-bond donors (Lipinski definition) is 0. The zero-order valence-corrected chi connectivity index (χ0v) is 17.9. The van der Waals surface area contributed by atoms with E-state index in [-0.39, 0.29) is 22.4 Å². The van der Waals surface area contributed by atoms with Crippen molar-refractivity contribution >= 4 is 24.8 Å². The molecule has 5 heteroatoms. The van der Waals surface area contributed by atoms with Crippen LogP contribution in [0.25, 0.3) is 0 Å². The third kappa shape index (κ3) is 4.92. The Morgan fingerprint density at radius 2 is 1.91 bits per heavy atom. The Morgan fingerprint density at radius 3 is 2.43 bits per heavy atom. The van der Waals surface area contributed by atoms with Gasteiger partial charge in [0.1, 0.15) is 0 Å². The van der Waals surface area contributed by atoms with Crippen LogP contribution in [-0.2, 0) is 13.6 Å². The van der Waals surface area contributed by atoms with Crippen molar-refractivity contribution < 1.29 is 13.6 Å². The topological polar surface area (TPSA) is 35.5 Å². The quantitative estimate of drug-likeness (QED) is 0.677. The summed E-state index contributed by atoms with van der Waals surface area (Å²) in [6.07, 6.45) is 4.37. The summed E-state index contributed by atoms with van der Waals surface area (Å²) in [7, 11) is -0.649. The van der Waals surface area contributed by atoms with E-state index in [1.54, 1.807) is 0 Å². The maximum Gasteiger partial charge on any atom is 0.298 e. The third-order valence-corrected chi connectivity index (χ3v) is 8.74. The van der Waals surface area contributed by atoms with Gasteiger partial charge in [0.05, 0.1) is 5.41 Å². The predicted octanol–water partition coefficient (Wildman–Crippen LogP) is 4.61. The Bertz CT molecular complexity index is 439. The van der Waals surface area contributed by atoms with Crippen molar-refractivity contribution in [3.05, 3.63) is 0 Å². The minimum atomic E-state index is -1.06. The molecular formula is C18H33O3Si2. The first kappa shape index (κ1) is 19.2. The van der Waals surface area contributed by atoms with Crippen molar-refractivity contribution in [2.45, 2.75) is 91.0 Å².